The minimum absolute atomic E-state index is 0.00385. The molecule has 1 aliphatic carbocycles. The molecule has 2 saturated heterocycles. The Balaban J connectivity index is 1.22. The van der Waals surface area contributed by atoms with Crippen molar-refractivity contribution < 1.29 is 4.79 Å². The molecule has 126 valence electrons. The maximum atomic E-state index is 12.2. The van der Waals surface area contributed by atoms with Gasteiger partial charge in [-0.3, -0.25) is 14.6 Å². The van der Waals surface area contributed by atoms with Crippen LogP contribution >= 0.6 is 0 Å². The Bertz CT molecular complexity index is 513. The number of nitrogens with one attached hydrogen (secondary N) is 1. The van der Waals surface area contributed by atoms with E-state index in [-0.39, 0.29) is 5.91 Å². The van der Waals surface area contributed by atoms with Crippen molar-refractivity contribution >= 4 is 5.91 Å². The Hall–Kier alpha value is -1.47. The molecule has 3 aliphatic rings. The summed E-state index contributed by atoms with van der Waals surface area (Å²) in [5, 5.41) is 10.1. The van der Waals surface area contributed by atoms with Crippen molar-refractivity contribution in [3.63, 3.8) is 0 Å². The van der Waals surface area contributed by atoms with Crippen molar-refractivity contribution in [2.75, 3.05) is 39.3 Å². The van der Waals surface area contributed by atoms with Gasteiger partial charge in [-0.2, -0.15) is 15.4 Å². The molecule has 1 aromatic heterocycles. The molecule has 4 rings (SSSR count). The predicted molar refractivity (Wildman–Crippen MR) is 86.1 cm³/mol. The van der Waals surface area contributed by atoms with Gasteiger partial charge in [0.2, 0.25) is 0 Å². The van der Waals surface area contributed by atoms with Crippen LogP contribution in [0.4, 0.5) is 0 Å². The molecule has 0 unspecified atom stereocenters. The third-order valence-electron chi connectivity index (χ3n) is 5.74. The summed E-state index contributed by atoms with van der Waals surface area (Å²) in [4.78, 5) is 19.3. The van der Waals surface area contributed by atoms with Crippen molar-refractivity contribution in [1.82, 2.24) is 30.1 Å². The van der Waals surface area contributed by atoms with Crippen molar-refractivity contribution in [2.45, 2.75) is 44.2 Å². The molecule has 7 heteroatoms. The smallest absolute Gasteiger partial charge is 0.276 e. The maximum absolute atomic E-state index is 12.2. The van der Waals surface area contributed by atoms with Gasteiger partial charge in [-0.15, -0.1) is 0 Å². The van der Waals surface area contributed by atoms with Gasteiger partial charge in [0, 0.05) is 51.4 Å². The molecule has 0 aromatic carbocycles. The molecule has 0 bridgehead atoms. The van der Waals surface area contributed by atoms with Crippen LogP contribution in [0.5, 0.6) is 0 Å². The Labute approximate surface area is 137 Å². The van der Waals surface area contributed by atoms with E-state index in [4.69, 9.17) is 0 Å². The second kappa shape index (κ2) is 6.57. The minimum atomic E-state index is -0.00385. The fraction of sp³-hybridized carbons (Fsp3) is 0.812. The zero-order valence-electron chi connectivity index (χ0n) is 13.7. The standard InChI is InChI=1S/C16H26N6O/c23-16(15-10-17-19-18-15)22-11-14(12-22)21-8-6-20(7-9-21)13-4-2-1-3-5-13/h10,13-14H,1-9,11-12H2,(H,17,18,19). The zero-order valence-corrected chi connectivity index (χ0v) is 13.7. The molecule has 3 fully saturated rings. The highest BCUT2D eigenvalue weighted by Gasteiger charge is 2.37. The third kappa shape index (κ3) is 3.12. The van der Waals surface area contributed by atoms with Crippen LogP contribution in [0, 0.1) is 0 Å². The van der Waals surface area contributed by atoms with Gasteiger partial charge < -0.3 is 4.90 Å². The molecule has 0 atom stereocenters. The summed E-state index contributed by atoms with van der Waals surface area (Å²) >= 11 is 0. The second-order valence-corrected chi connectivity index (χ2v) is 7.08. The summed E-state index contributed by atoms with van der Waals surface area (Å²) in [5.74, 6) is -0.00385. The average molecular weight is 318 g/mol. The Morgan fingerprint density at radius 2 is 1.65 bits per heavy atom. The fourth-order valence-electron chi connectivity index (χ4n) is 4.23. The highest BCUT2D eigenvalue weighted by molar-refractivity contribution is 5.92. The lowest BCUT2D eigenvalue weighted by atomic mass is 9.93. The van der Waals surface area contributed by atoms with Gasteiger partial charge in [0.05, 0.1) is 6.20 Å². The molecule has 1 aromatic rings. The lowest BCUT2D eigenvalue weighted by molar-refractivity contribution is -0.00288. The van der Waals surface area contributed by atoms with Crippen LogP contribution in [0.2, 0.25) is 0 Å². The molecular formula is C16H26N6O. The van der Waals surface area contributed by atoms with E-state index in [0.717, 1.165) is 32.2 Å². The van der Waals surface area contributed by atoms with Gasteiger partial charge in [-0.25, -0.2) is 0 Å². The summed E-state index contributed by atoms with van der Waals surface area (Å²) in [6, 6.07) is 1.36. The number of carbonyl (C=O) groups excluding carboxylic acids is 1. The Morgan fingerprint density at radius 3 is 2.26 bits per heavy atom. The summed E-state index contributed by atoms with van der Waals surface area (Å²) in [6.07, 6.45) is 8.53. The first-order valence-electron chi connectivity index (χ1n) is 8.94. The minimum Gasteiger partial charge on any atom is -0.334 e. The number of amides is 1. The molecule has 3 heterocycles. The monoisotopic (exact) mass is 318 g/mol. The van der Waals surface area contributed by atoms with E-state index in [2.05, 4.69) is 25.2 Å². The molecule has 1 N–H and O–H groups in total. The van der Waals surface area contributed by atoms with E-state index in [1.165, 1.54) is 51.4 Å². The van der Waals surface area contributed by atoms with Crippen LogP contribution in [0.15, 0.2) is 6.20 Å². The van der Waals surface area contributed by atoms with Crippen molar-refractivity contribution in [1.29, 1.82) is 0 Å². The third-order valence-corrected chi connectivity index (χ3v) is 5.74. The van der Waals surface area contributed by atoms with Gasteiger partial charge >= 0.3 is 0 Å². The summed E-state index contributed by atoms with van der Waals surface area (Å²) in [7, 11) is 0. The van der Waals surface area contributed by atoms with Gasteiger partial charge in [0.25, 0.3) is 5.91 Å². The number of H-pyrrole nitrogens is 1. The van der Waals surface area contributed by atoms with Crippen LogP contribution < -0.4 is 0 Å². The van der Waals surface area contributed by atoms with E-state index in [9.17, 15) is 4.79 Å². The lowest BCUT2D eigenvalue weighted by Gasteiger charge is -2.49. The Morgan fingerprint density at radius 1 is 1.00 bits per heavy atom. The van der Waals surface area contributed by atoms with E-state index in [0.29, 0.717) is 11.7 Å². The van der Waals surface area contributed by atoms with Crippen molar-refractivity contribution in [3.8, 4) is 0 Å². The molecule has 2 aliphatic heterocycles. The first-order valence-corrected chi connectivity index (χ1v) is 8.94. The van der Waals surface area contributed by atoms with Gasteiger partial charge in [-0.05, 0) is 12.8 Å². The number of nitrogens with zero attached hydrogens (tertiary/aromatic N) is 5. The number of likely N-dealkylation sites (tertiary alicyclic amines) is 1. The normalized spacial score (nSPS) is 25.5. The molecule has 1 amide bonds. The summed E-state index contributed by atoms with van der Waals surface area (Å²) in [6.45, 7) is 6.33. The molecule has 1 saturated carbocycles. The maximum Gasteiger partial charge on any atom is 0.276 e. The molecule has 0 radical (unpaired) electrons. The largest absolute Gasteiger partial charge is 0.334 e. The van der Waals surface area contributed by atoms with E-state index in [1.54, 1.807) is 0 Å². The fourth-order valence-corrected chi connectivity index (χ4v) is 4.23. The van der Waals surface area contributed by atoms with Gasteiger partial charge in [0.15, 0.2) is 5.69 Å². The highest BCUT2D eigenvalue weighted by Crippen LogP contribution is 2.25. The molecule has 23 heavy (non-hydrogen) atoms. The number of aromatic nitrogens is 3. The molecule has 0 spiro atoms. The highest BCUT2D eigenvalue weighted by atomic mass is 16.2. The number of hydrogen-bond acceptors (Lipinski definition) is 5. The predicted octanol–water partition coefficient (Wildman–Crippen LogP) is 0.579. The van der Waals surface area contributed by atoms with Crippen LogP contribution in [0.1, 0.15) is 42.6 Å². The van der Waals surface area contributed by atoms with Crippen LogP contribution in [-0.2, 0) is 0 Å². The average Bonchev–Trinajstić information content (AvgIpc) is 3.09. The lowest BCUT2D eigenvalue weighted by Crippen LogP contribution is -2.64. The molecular weight excluding hydrogens is 292 g/mol. The topological polar surface area (TPSA) is 68.4 Å². The summed E-state index contributed by atoms with van der Waals surface area (Å²) in [5.41, 5.74) is 0.422. The van der Waals surface area contributed by atoms with E-state index >= 15 is 0 Å². The van der Waals surface area contributed by atoms with Crippen LogP contribution in [0.25, 0.3) is 0 Å². The number of rotatable bonds is 3. The number of piperazine rings is 1. The number of aromatic amines is 1. The van der Waals surface area contributed by atoms with Gasteiger partial charge in [-0.1, -0.05) is 19.3 Å². The van der Waals surface area contributed by atoms with Crippen LogP contribution in [-0.4, -0.2) is 87.4 Å². The second-order valence-electron chi connectivity index (χ2n) is 7.08. The SMILES string of the molecule is O=C(c1cn[nH]n1)N1CC(N2CCN(C3CCCCC3)CC2)C1. The number of carbonyl (C=O) groups is 1. The number of hydrogen-bond donors (Lipinski definition) is 1. The first kappa shape index (κ1) is 15.1. The van der Waals surface area contributed by atoms with E-state index in [1.807, 2.05) is 4.90 Å². The quantitative estimate of drug-likeness (QED) is 0.883. The van der Waals surface area contributed by atoms with Gasteiger partial charge in [0.1, 0.15) is 0 Å². The molecule has 7 nitrogen and oxygen atoms in total. The summed E-state index contributed by atoms with van der Waals surface area (Å²) < 4.78 is 0. The van der Waals surface area contributed by atoms with Crippen molar-refractivity contribution in [3.05, 3.63) is 11.9 Å². The zero-order chi connectivity index (χ0) is 15.6. The first-order chi connectivity index (χ1) is 11.3. The van der Waals surface area contributed by atoms with Crippen LogP contribution in [0.3, 0.4) is 0 Å². The van der Waals surface area contributed by atoms with E-state index < -0.39 is 0 Å². The van der Waals surface area contributed by atoms with Crippen molar-refractivity contribution in [2.24, 2.45) is 0 Å². The Kier molecular flexibility index (Phi) is 4.31.